The third-order valence-corrected chi connectivity index (χ3v) is 4.61. The van der Waals surface area contributed by atoms with Gasteiger partial charge < -0.3 is 4.57 Å². The number of hydrogen-bond acceptors (Lipinski definition) is 3. The number of hydrogen-bond donors (Lipinski definition) is 0. The number of nitrogens with zero attached hydrogens (tertiary/aromatic N) is 2. The second-order valence-electron chi connectivity index (χ2n) is 5.27. The van der Waals surface area contributed by atoms with Crippen LogP contribution < -0.4 is 0 Å². The molecule has 1 aromatic carbocycles. The van der Waals surface area contributed by atoms with Crippen molar-refractivity contribution < 1.29 is 8.42 Å². The van der Waals surface area contributed by atoms with Crippen LogP contribution in [0, 0.1) is 6.92 Å². The largest absolute Gasteiger partial charge is 0.308 e. The van der Waals surface area contributed by atoms with Crippen LogP contribution in [0.25, 0.3) is 16.9 Å². The van der Waals surface area contributed by atoms with Gasteiger partial charge in [-0.05, 0) is 30.7 Å². The van der Waals surface area contributed by atoms with Crippen LogP contribution in [0.3, 0.4) is 0 Å². The molecule has 0 fully saturated rings. The number of sulfone groups is 1. The average Bonchev–Trinajstić information content (AvgIpc) is 2.97. The van der Waals surface area contributed by atoms with Gasteiger partial charge in [-0.1, -0.05) is 24.3 Å². The monoisotopic (exact) mass is 312 g/mol. The fourth-order valence-electron chi connectivity index (χ4n) is 2.34. The zero-order valence-corrected chi connectivity index (χ0v) is 13.2. The third kappa shape index (κ3) is 2.80. The van der Waals surface area contributed by atoms with Crippen LogP contribution in [0.2, 0.25) is 0 Å². The maximum atomic E-state index is 11.9. The molecule has 0 unspecified atom stereocenters. The molecule has 3 rings (SSSR count). The molecule has 0 atom stereocenters. The molecule has 3 aromatic rings. The molecule has 4 nitrogen and oxygen atoms in total. The molecule has 22 heavy (non-hydrogen) atoms. The van der Waals surface area contributed by atoms with Gasteiger partial charge in [0.2, 0.25) is 0 Å². The number of pyridine rings is 1. The molecule has 0 bridgehead atoms. The van der Waals surface area contributed by atoms with Gasteiger partial charge in [-0.2, -0.15) is 0 Å². The smallest absolute Gasteiger partial charge is 0.176 e. The Balaban J connectivity index is 2.07. The second-order valence-corrected chi connectivity index (χ2v) is 7.25. The minimum Gasteiger partial charge on any atom is -0.308 e. The van der Waals surface area contributed by atoms with E-state index in [0.717, 1.165) is 16.9 Å². The zero-order chi connectivity index (χ0) is 15.7. The first-order valence-corrected chi connectivity index (χ1v) is 8.75. The predicted octanol–water partition coefficient (Wildman–Crippen LogP) is 3.25. The van der Waals surface area contributed by atoms with Crippen LogP contribution in [0.4, 0.5) is 0 Å². The Kier molecular flexibility index (Phi) is 3.58. The quantitative estimate of drug-likeness (QED) is 0.746. The molecule has 0 spiro atoms. The molecule has 2 heterocycles. The SMILES string of the molecule is Cc1ccc(-n2ccc(-c3ccccc3S(C)(=O)=O)c2)nc1. The molecule has 0 radical (unpaired) electrons. The summed E-state index contributed by atoms with van der Waals surface area (Å²) in [6.45, 7) is 1.99. The van der Waals surface area contributed by atoms with E-state index < -0.39 is 9.84 Å². The zero-order valence-electron chi connectivity index (χ0n) is 12.4. The van der Waals surface area contributed by atoms with Gasteiger partial charge in [0.15, 0.2) is 9.84 Å². The molecule has 0 aliphatic carbocycles. The summed E-state index contributed by atoms with van der Waals surface area (Å²) in [5, 5.41) is 0. The summed E-state index contributed by atoms with van der Waals surface area (Å²) >= 11 is 0. The van der Waals surface area contributed by atoms with Crippen LogP contribution in [-0.2, 0) is 9.84 Å². The highest BCUT2D eigenvalue weighted by atomic mass is 32.2. The van der Waals surface area contributed by atoms with E-state index in [4.69, 9.17) is 0 Å². The van der Waals surface area contributed by atoms with E-state index in [1.807, 2.05) is 54.2 Å². The van der Waals surface area contributed by atoms with E-state index in [9.17, 15) is 8.42 Å². The van der Waals surface area contributed by atoms with Gasteiger partial charge in [-0.25, -0.2) is 13.4 Å². The van der Waals surface area contributed by atoms with Crippen LogP contribution >= 0.6 is 0 Å². The van der Waals surface area contributed by atoms with Crippen molar-refractivity contribution in [2.75, 3.05) is 6.26 Å². The fourth-order valence-corrected chi connectivity index (χ4v) is 3.25. The lowest BCUT2D eigenvalue weighted by molar-refractivity contribution is 0.602. The van der Waals surface area contributed by atoms with Crippen LogP contribution in [0.5, 0.6) is 0 Å². The van der Waals surface area contributed by atoms with E-state index in [0.29, 0.717) is 10.5 Å². The molecule has 0 saturated heterocycles. The Morgan fingerprint density at radius 3 is 2.50 bits per heavy atom. The van der Waals surface area contributed by atoms with E-state index in [-0.39, 0.29) is 0 Å². The summed E-state index contributed by atoms with van der Waals surface area (Å²) in [6.07, 6.45) is 6.80. The van der Waals surface area contributed by atoms with E-state index >= 15 is 0 Å². The fraction of sp³-hybridized carbons (Fsp3) is 0.118. The molecule has 2 aromatic heterocycles. The Morgan fingerprint density at radius 2 is 1.82 bits per heavy atom. The van der Waals surface area contributed by atoms with Crippen molar-refractivity contribution in [3.63, 3.8) is 0 Å². The maximum Gasteiger partial charge on any atom is 0.176 e. The number of rotatable bonds is 3. The van der Waals surface area contributed by atoms with Gasteiger partial charge in [0.05, 0.1) is 4.90 Å². The summed E-state index contributed by atoms with van der Waals surface area (Å²) < 4.78 is 25.7. The van der Waals surface area contributed by atoms with E-state index in [1.165, 1.54) is 6.26 Å². The van der Waals surface area contributed by atoms with Crippen molar-refractivity contribution in [3.8, 4) is 16.9 Å². The second kappa shape index (κ2) is 5.42. The molecule has 0 N–H and O–H groups in total. The Labute approximate surface area is 130 Å². The number of aryl methyl sites for hydroxylation is 1. The molecular weight excluding hydrogens is 296 g/mol. The lowest BCUT2D eigenvalue weighted by Crippen LogP contribution is -1.99. The average molecular weight is 312 g/mol. The lowest BCUT2D eigenvalue weighted by Gasteiger charge is -2.06. The van der Waals surface area contributed by atoms with Gasteiger partial charge in [-0.15, -0.1) is 0 Å². The molecular formula is C17H16N2O2S. The van der Waals surface area contributed by atoms with E-state index in [2.05, 4.69) is 4.98 Å². The Hall–Kier alpha value is -2.40. The van der Waals surface area contributed by atoms with Crippen molar-refractivity contribution in [1.82, 2.24) is 9.55 Å². The summed E-state index contributed by atoms with van der Waals surface area (Å²) in [4.78, 5) is 4.71. The summed E-state index contributed by atoms with van der Waals surface area (Å²) in [6, 6.07) is 12.8. The van der Waals surface area contributed by atoms with Crippen molar-refractivity contribution in [2.24, 2.45) is 0 Å². The predicted molar refractivity (Wildman–Crippen MR) is 86.8 cm³/mol. The molecule has 112 valence electrons. The van der Waals surface area contributed by atoms with Gasteiger partial charge >= 0.3 is 0 Å². The van der Waals surface area contributed by atoms with Crippen LogP contribution in [0.1, 0.15) is 5.56 Å². The normalized spacial score (nSPS) is 11.5. The first-order valence-electron chi connectivity index (χ1n) is 6.85. The number of benzene rings is 1. The standard InChI is InChI=1S/C17H16N2O2S/c1-13-7-8-17(18-11-13)19-10-9-14(12-19)15-5-3-4-6-16(15)22(2,20)21/h3-12H,1-2H3. The Bertz CT molecular complexity index is 910. The first kappa shape index (κ1) is 14.5. The van der Waals surface area contributed by atoms with Gasteiger partial charge in [0.1, 0.15) is 5.82 Å². The first-order chi connectivity index (χ1) is 10.4. The van der Waals surface area contributed by atoms with Crippen LogP contribution in [0.15, 0.2) is 66.0 Å². The minimum atomic E-state index is -3.27. The molecule has 0 saturated carbocycles. The highest BCUT2D eigenvalue weighted by Gasteiger charge is 2.14. The maximum absolute atomic E-state index is 11.9. The van der Waals surface area contributed by atoms with Crippen molar-refractivity contribution >= 4 is 9.84 Å². The highest BCUT2D eigenvalue weighted by Crippen LogP contribution is 2.28. The van der Waals surface area contributed by atoms with E-state index in [1.54, 1.807) is 18.3 Å². The summed E-state index contributed by atoms with van der Waals surface area (Å²) in [5.74, 6) is 0.800. The third-order valence-electron chi connectivity index (χ3n) is 3.45. The van der Waals surface area contributed by atoms with Gasteiger partial charge in [0.25, 0.3) is 0 Å². The van der Waals surface area contributed by atoms with Gasteiger partial charge in [0, 0.05) is 36.0 Å². The lowest BCUT2D eigenvalue weighted by atomic mass is 10.1. The molecule has 5 heteroatoms. The summed E-state index contributed by atoms with van der Waals surface area (Å²) in [5.41, 5.74) is 2.65. The minimum absolute atomic E-state index is 0.338. The number of aromatic nitrogens is 2. The topological polar surface area (TPSA) is 52.0 Å². The van der Waals surface area contributed by atoms with Crippen molar-refractivity contribution in [1.29, 1.82) is 0 Å². The molecule has 0 amide bonds. The summed E-state index contributed by atoms with van der Waals surface area (Å²) in [7, 11) is -3.27. The Morgan fingerprint density at radius 1 is 1.05 bits per heavy atom. The van der Waals surface area contributed by atoms with Gasteiger partial charge in [-0.3, -0.25) is 0 Å². The van der Waals surface area contributed by atoms with Crippen LogP contribution in [-0.4, -0.2) is 24.2 Å². The van der Waals surface area contributed by atoms with Crippen molar-refractivity contribution in [3.05, 3.63) is 66.6 Å². The highest BCUT2D eigenvalue weighted by molar-refractivity contribution is 7.90. The molecule has 0 aliphatic heterocycles. The van der Waals surface area contributed by atoms with Crippen molar-refractivity contribution in [2.45, 2.75) is 11.8 Å². The molecule has 0 aliphatic rings.